The van der Waals surface area contributed by atoms with Gasteiger partial charge in [-0.1, -0.05) is 42.5 Å². The van der Waals surface area contributed by atoms with Gasteiger partial charge in [0.2, 0.25) is 5.91 Å². The summed E-state index contributed by atoms with van der Waals surface area (Å²) < 4.78 is 13.3. The van der Waals surface area contributed by atoms with E-state index in [-0.39, 0.29) is 5.91 Å². The molecule has 3 atom stereocenters. The van der Waals surface area contributed by atoms with Crippen molar-refractivity contribution in [1.82, 2.24) is 0 Å². The summed E-state index contributed by atoms with van der Waals surface area (Å²) in [5, 5.41) is 1.68. The molecule has 0 aliphatic carbocycles. The monoisotopic (exact) mass is 402 g/mol. The Kier molecular flexibility index (Phi) is 4.37. The van der Waals surface area contributed by atoms with Crippen molar-refractivity contribution in [2.75, 3.05) is 9.96 Å². The van der Waals surface area contributed by atoms with Crippen LogP contribution in [0.4, 0.5) is 15.8 Å². The lowest BCUT2D eigenvalue weighted by Gasteiger charge is -2.29. The molecule has 3 aromatic carbocycles. The van der Waals surface area contributed by atoms with Crippen LogP contribution in [0.2, 0.25) is 0 Å². The van der Waals surface area contributed by atoms with Crippen LogP contribution in [0.5, 0.6) is 0 Å². The van der Waals surface area contributed by atoms with Crippen LogP contribution in [0.25, 0.3) is 0 Å². The van der Waals surface area contributed by atoms with E-state index >= 15 is 0 Å². The number of rotatable bonds is 3. The Bertz CT molecular complexity index is 1120. The fourth-order valence-electron chi connectivity index (χ4n) is 4.29. The van der Waals surface area contributed by atoms with Crippen LogP contribution in [-0.4, -0.2) is 17.9 Å². The number of amides is 2. The van der Waals surface area contributed by atoms with Gasteiger partial charge in [0.05, 0.1) is 17.4 Å². The highest BCUT2D eigenvalue weighted by molar-refractivity contribution is 6.23. The first kappa shape index (κ1) is 18.5. The zero-order chi connectivity index (χ0) is 20.8. The molecule has 2 amide bonds. The molecule has 5 nitrogen and oxygen atoms in total. The Labute approximate surface area is 173 Å². The Morgan fingerprint density at radius 3 is 2.17 bits per heavy atom. The number of nitrogens with zero attached hydrogens (tertiary/aromatic N) is 2. The summed E-state index contributed by atoms with van der Waals surface area (Å²) in [6, 6.07) is 22.1. The molecular weight excluding hydrogens is 383 g/mol. The number of hydroxylamine groups is 1. The third-order valence-electron chi connectivity index (χ3n) is 5.72. The molecule has 0 N–H and O–H groups in total. The maximum Gasteiger partial charge on any atom is 0.266 e. The van der Waals surface area contributed by atoms with Crippen molar-refractivity contribution in [3.63, 3.8) is 0 Å². The van der Waals surface area contributed by atoms with Crippen LogP contribution in [0.15, 0.2) is 78.9 Å². The van der Waals surface area contributed by atoms with E-state index in [1.807, 2.05) is 61.5 Å². The Morgan fingerprint density at radius 1 is 0.800 bits per heavy atom. The minimum absolute atomic E-state index is 0.344. The van der Waals surface area contributed by atoms with Crippen molar-refractivity contribution in [3.05, 3.63) is 95.8 Å². The molecule has 2 aliphatic rings. The third kappa shape index (κ3) is 2.80. The molecule has 30 heavy (non-hydrogen) atoms. The van der Waals surface area contributed by atoms with Gasteiger partial charge in [0.25, 0.3) is 5.91 Å². The summed E-state index contributed by atoms with van der Waals surface area (Å²) in [6.45, 7) is 1.98. The molecule has 150 valence electrons. The summed E-state index contributed by atoms with van der Waals surface area (Å²) in [6.07, 6.45) is -0.938. The Morgan fingerprint density at radius 2 is 1.47 bits per heavy atom. The second-order valence-electron chi connectivity index (χ2n) is 7.50. The molecule has 0 saturated carbocycles. The molecule has 2 fully saturated rings. The average molecular weight is 402 g/mol. The van der Waals surface area contributed by atoms with Gasteiger partial charge in [0, 0.05) is 0 Å². The zero-order valence-corrected chi connectivity index (χ0v) is 16.2. The SMILES string of the molecule is Cc1ccccc1[C@H]1[C@@H]2C(=O)N(c3ccc(F)cc3)C(=O)[C@H]2ON1c1ccccc1. The van der Waals surface area contributed by atoms with E-state index in [4.69, 9.17) is 4.84 Å². The fraction of sp³-hybridized carbons (Fsp3) is 0.167. The largest absolute Gasteiger partial charge is 0.273 e. The molecule has 0 bridgehead atoms. The van der Waals surface area contributed by atoms with Crippen molar-refractivity contribution in [2.24, 2.45) is 5.92 Å². The predicted molar refractivity (Wildman–Crippen MR) is 110 cm³/mol. The Hall–Kier alpha value is -3.51. The molecule has 0 aromatic heterocycles. The summed E-state index contributed by atoms with van der Waals surface area (Å²) in [5.41, 5.74) is 3.05. The van der Waals surface area contributed by atoms with E-state index in [0.29, 0.717) is 5.69 Å². The summed E-state index contributed by atoms with van der Waals surface area (Å²) in [4.78, 5) is 33.9. The number of hydrogen-bond donors (Lipinski definition) is 0. The number of anilines is 2. The predicted octanol–water partition coefficient (Wildman–Crippen LogP) is 4.19. The second-order valence-corrected chi connectivity index (χ2v) is 7.50. The number of carbonyl (C=O) groups excluding carboxylic acids is 2. The van der Waals surface area contributed by atoms with E-state index in [0.717, 1.165) is 21.7 Å². The molecule has 0 radical (unpaired) electrons. The molecule has 3 aromatic rings. The summed E-state index contributed by atoms with van der Waals surface area (Å²) in [7, 11) is 0. The lowest BCUT2D eigenvalue weighted by Crippen LogP contribution is -2.37. The number of halogens is 1. The maximum atomic E-state index is 13.5. The lowest BCUT2D eigenvalue weighted by atomic mass is 9.88. The number of imide groups is 1. The molecule has 2 heterocycles. The van der Waals surface area contributed by atoms with Crippen LogP contribution >= 0.6 is 0 Å². The number of carbonyl (C=O) groups is 2. The topological polar surface area (TPSA) is 49.9 Å². The quantitative estimate of drug-likeness (QED) is 0.617. The minimum Gasteiger partial charge on any atom is -0.273 e. The Balaban J connectivity index is 1.60. The van der Waals surface area contributed by atoms with Crippen molar-refractivity contribution < 1.29 is 18.8 Å². The van der Waals surface area contributed by atoms with Gasteiger partial charge in [0.1, 0.15) is 11.7 Å². The molecule has 0 spiro atoms. The summed E-state index contributed by atoms with van der Waals surface area (Å²) >= 11 is 0. The lowest BCUT2D eigenvalue weighted by molar-refractivity contribution is -0.126. The third-order valence-corrected chi connectivity index (χ3v) is 5.72. The number of hydrogen-bond acceptors (Lipinski definition) is 4. The van der Waals surface area contributed by atoms with Crippen LogP contribution in [0, 0.1) is 18.7 Å². The maximum absolute atomic E-state index is 13.5. The van der Waals surface area contributed by atoms with Crippen molar-refractivity contribution in [1.29, 1.82) is 0 Å². The van der Waals surface area contributed by atoms with Gasteiger partial charge in [-0.25, -0.2) is 14.4 Å². The molecule has 0 unspecified atom stereocenters. The molecule has 5 rings (SSSR count). The van der Waals surface area contributed by atoms with Gasteiger partial charge in [-0.05, 0) is 54.4 Å². The first-order valence-electron chi connectivity index (χ1n) is 9.76. The van der Waals surface area contributed by atoms with Crippen LogP contribution < -0.4 is 9.96 Å². The highest BCUT2D eigenvalue weighted by Crippen LogP contribution is 2.48. The van der Waals surface area contributed by atoms with Crippen LogP contribution in [0.1, 0.15) is 17.2 Å². The van der Waals surface area contributed by atoms with Gasteiger partial charge in [-0.15, -0.1) is 0 Å². The van der Waals surface area contributed by atoms with E-state index < -0.39 is 29.8 Å². The summed E-state index contributed by atoms with van der Waals surface area (Å²) in [5.74, 6) is -1.91. The van der Waals surface area contributed by atoms with E-state index in [1.165, 1.54) is 24.3 Å². The van der Waals surface area contributed by atoms with Crippen LogP contribution in [-0.2, 0) is 14.4 Å². The average Bonchev–Trinajstić information content (AvgIpc) is 3.26. The van der Waals surface area contributed by atoms with Crippen molar-refractivity contribution >= 4 is 23.2 Å². The van der Waals surface area contributed by atoms with Crippen molar-refractivity contribution in [2.45, 2.75) is 19.1 Å². The molecule has 2 saturated heterocycles. The second kappa shape index (κ2) is 7.07. The first-order chi connectivity index (χ1) is 14.6. The van der Waals surface area contributed by atoms with E-state index in [2.05, 4.69) is 0 Å². The minimum atomic E-state index is -0.938. The fourth-order valence-corrected chi connectivity index (χ4v) is 4.29. The van der Waals surface area contributed by atoms with Gasteiger partial charge in [-0.2, -0.15) is 0 Å². The molecular formula is C24H19FN2O3. The number of aryl methyl sites for hydroxylation is 1. The highest BCUT2D eigenvalue weighted by atomic mass is 19.1. The van der Waals surface area contributed by atoms with Gasteiger partial charge in [0.15, 0.2) is 6.10 Å². The van der Waals surface area contributed by atoms with Gasteiger partial charge in [-0.3, -0.25) is 14.4 Å². The smallest absolute Gasteiger partial charge is 0.266 e. The number of benzene rings is 3. The zero-order valence-electron chi connectivity index (χ0n) is 16.2. The van der Waals surface area contributed by atoms with Gasteiger partial charge < -0.3 is 0 Å². The number of fused-ring (bicyclic) bond motifs is 1. The highest BCUT2D eigenvalue weighted by Gasteiger charge is 2.60. The normalized spacial score (nSPS) is 23.2. The molecule has 6 heteroatoms. The number of para-hydroxylation sites is 1. The first-order valence-corrected chi connectivity index (χ1v) is 9.76. The van der Waals surface area contributed by atoms with Gasteiger partial charge >= 0.3 is 0 Å². The van der Waals surface area contributed by atoms with E-state index in [9.17, 15) is 14.0 Å². The van der Waals surface area contributed by atoms with Crippen molar-refractivity contribution in [3.8, 4) is 0 Å². The molecule has 2 aliphatic heterocycles. The van der Waals surface area contributed by atoms with Crippen LogP contribution in [0.3, 0.4) is 0 Å². The standard InChI is InChI=1S/C24H19FN2O3/c1-15-7-5-6-10-19(15)21-20-22(30-27(21)18-8-3-2-4-9-18)24(29)26(23(20)28)17-13-11-16(25)12-14-17/h2-14,20-22H,1H3/t20-,21-,22-/m0/s1. The van der Waals surface area contributed by atoms with E-state index in [1.54, 1.807) is 5.06 Å².